The van der Waals surface area contributed by atoms with Crippen molar-refractivity contribution in [2.75, 3.05) is 0 Å². The third-order valence-electron chi connectivity index (χ3n) is 3.26. The van der Waals surface area contributed by atoms with Crippen LogP contribution in [0.25, 0.3) is 6.08 Å². The summed E-state index contributed by atoms with van der Waals surface area (Å²) in [5, 5.41) is 25.3. The van der Waals surface area contributed by atoms with E-state index in [4.69, 9.17) is 17.0 Å². The average molecular weight is 371 g/mol. The molecular weight excluding hydrogens is 356 g/mol. The minimum Gasteiger partial charge on any atom is -0.508 e. The van der Waals surface area contributed by atoms with Gasteiger partial charge in [0.15, 0.2) is 5.82 Å². The fourth-order valence-electron chi connectivity index (χ4n) is 2.11. The minimum atomic E-state index is 0.237. The summed E-state index contributed by atoms with van der Waals surface area (Å²) >= 11 is 7.25. The van der Waals surface area contributed by atoms with Crippen molar-refractivity contribution in [3.8, 4) is 5.75 Å². The first-order chi connectivity index (χ1) is 12.1. The maximum absolute atomic E-state index is 9.30. The number of aromatic amines is 1. The molecule has 3 rings (SSSR count). The van der Waals surface area contributed by atoms with E-state index in [-0.39, 0.29) is 5.75 Å². The van der Waals surface area contributed by atoms with E-state index in [1.165, 1.54) is 11.8 Å². The Labute approximate surface area is 154 Å². The molecule has 1 heterocycles. The number of phenols is 1. The molecule has 1 aromatic heterocycles. The van der Waals surface area contributed by atoms with Crippen molar-refractivity contribution in [3.63, 3.8) is 0 Å². The van der Waals surface area contributed by atoms with Gasteiger partial charge in [0, 0.05) is 16.3 Å². The van der Waals surface area contributed by atoms with Crippen LogP contribution in [0, 0.1) is 5.41 Å². The van der Waals surface area contributed by atoms with Gasteiger partial charge in [0.2, 0.25) is 0 Å². The highest BCUT2D eigenvalue weighted by Crippen LogP contribution is 2.23. The maximum atomic E-state index is 9.30. The molecule has 0 fully saturated rings. The summed E-state index contributed by atoms with van der Waals surface area (Å²) in [5.41, 5.74) is 1.02. The number of H-pyrrole nitrogens is 1. The molecule has 25 heavy (non-hydrogen) atoms. The molecule has 0 spiro atoms. The van der Waals surface area contributed by atoms with Gasteiger partial charge in [-0.05, 0) is 48.0 Å². The number of benzene rings is 2. The van der Waals surface area contributed by atoms with E-state index in [0.717, 1.165) is 16.3 Å². The lowest BCUT2D eigenvalue weighted by molar-refractivity contribution is 0.475. The van der Waals surface area contributed by atoms with E-state index in [1.54, 1.807) is 30.4 Å². The van der Waals surface area contributed by atoms with Gasteiger partial charge in [0.1, 0.15) is 11.6 Å². The number of thioether (sulfide) groups is 1. The number of rotatable bonds is 5. The Morgan fingerprint density at radius 1 is 1.24 bits per heavy atom. The third-order valence-corrected chi connectivity index (χ3v) is 4.35. The number of hydrogen-bond donors (Lipinski definition) is 3. The van der Waals surface area contributed by atoms with Crippen LogP contribution < -0.4 is 0 Å². The van der Waals surface area contributed by atoms with Crippen LogP contribution in [0.15, 0.2) is 59.5 Å². The first-order valence-electron chi connectivity index (χ1n) is 7.48. The molecule has 3 N–H and O–H groups in total. The van der Waals surface area contributed by atoms with Gasteiger partial charge >= 0.3 is 0 Å². The number of aromatic nitrogens is 3. The second kappa shape index (κ2) is 8.00. The summed E-state index contributed by atoms with van der Waals surface area (Å²) in [6, 6.07) is 14.3. The Bertz CT molecular complexity index is 905. The normalized spacial score (nSPS) is 11.1. The molecular formula is C18H15ClN4OS. The number of hydrogen-bond acceptors (Lipinski definition) is 5. The second-order valence-corrected chi connectivity index (χ2v) is 6.79. The number of halogens is 1. The van der Waals surface area contributed by atoms with Gasteiger partial charge in [0.05, 0.1) is 5.04 Å². The van der Waals surface area contributed by atoms with Crippen LogP contribution in [0.5, 0.6) is 5.75 Å². The van der Waals surface area contributed by atoms with E-state index in [2.05, 4.69) is 15.2 Å². The van der Waals surface area contributed by atoms with E-state index >= 15 is 0 Å². The maximum Gasteiger partial charge on any atom is 0.174 e. The van der Waals surface area contributed by atoms with E-state index in [1.807, 2.05) is 30.3 Å². The van der Waals surface area contributed by atoms with Crippen molar-refractivity contribution >= 4 is 34.5 Å². The van der Waals surface area contributed by atoms with E-state index in [0.29, 0.717) is 22.3 Å². The number of nitrogens with zero attached hydrogens (tertiary/aromatic N) is 2. The van der Waals surface area contributed by atoms with Crippen LogP contribution in [0.3, 0.4) is 0 Å². The smallest absolute Gasteiger partial charge is 0.174 e. The Morgan fingerprint density at radius 3 is 2.80 bits per heavy atom. The monoisotopic (exact) mass is 370 g/mol. The molecule has 0 atom stereocenters. The van der Waals surface area contributed by atoms with Gasteiger partial charge in [-0.25, -0.2) is 4.98 Å². The number of aromatic hydroxyl groups is 1. The SMILES string of the molecule is N=C(/C=C\c1n[nH]c(Cc2ccc(O)cc2)n1)Sc1cccc(Cl)c1. The molecule has 0 saturated heterocycles. The molecule has 5 nitrogen and oxygen atoms in total. The highest BCUT2D eigenvalue weighted by molar-refractivity contribution is 8.14. The van der Waals surface area contributed by atoms with Crippen LogP contribution in [0.4, 0.5) is 0 Å². The lowest BCUT2D eigenvalue weighted by atomic mass is 10.1. The summed E-state index contributed by atoms with van der Waals surface area (Å²) in [4.78, 5) is 5.29. The summed E-state index contributed by atoms with van der Waals surface area (Å²) in [7, 11) is 0. The van der Waals surface area contributed by atoms with Crippen molar-refractivity contribution < 1.29 is 5.11 Å². The van der Waals surface area contributed by atoms with Crippen molar-refractivity contribution in [1.29, 1.82) is 5.41 Å². The zero-order chi connectivity index (χ0) is 17.6. The Kier molecular flexibility index (Phi) is 5.53. The van der Waals surface area contributed by atoms with Crippen molar-refractivity contribution in [2.24, 2.45) is 0 Å². The highest BCUT2D eigenvalue weighted by atomic mass is 35.5. The molecule has 0 aliphatic heterocycles. The molecule has 0 amide bonds. The van der Waals surface area contributed by atoms with Gasteiger partial charge < -0.3 is 5.11 Å². The summed E-state index contributed by atoms with van der Waals surface area (Å²) in [6.45, 7) is 0. The Hall–Kier alpha value is -2.57. The largest absolute Gasteiger partial charge is 0.508 e. The van der Waals surface area contributed by atoms with Crippen molar-refractivity contribution in [3.05, 3.63) is 76.8 Å². The standard InChI is InChI=1S/C18H15ClN4OS/c19-13-2-1-3-15(11-13)25-16(20)8-9-17-21-18(23-22-17)10-12-4-6-14(24)7-5-12/h1-9,11,20,24H,10H2,(H,21,22,23)/b9-8-,20-16?. The summed E-state index contributed by atoms with van der Waals surface area (Å²) < 4.78 is 0. The molecule has 3 aromatic rings. The third kappa shape index (κ3) is 5.20. The molecule has 0 unspecified atom stereocenters. The van der Waals surface area contributed by atoms with Crippen LogP contribution >= 0.6 is 23.4 Å². The van der Waals surface area contributed by atoms with E-state index in [9.17, 15) is 5.11 Å². The van der Waals surface area contributed by atoms with Gasteiger partial charge in [-0.3, -0.25) is 10.5 Å². The molecule has 0 bridgehead atoms. The Balaban J connectivity index is 1.59. The van der Waals surface area contributed by atoms with Crippen molar-refractivity contribution in [1.82, 2.24) is 15.2 Å². The Morgan fingerprint density at radius 2 is 2.04 bits per heavy atom. The van der Waals surface area contributed by atoms with Crippen LogP contribution in [0.2, 0.25) is 5.02 Å². The second-order valence-electron chi connectivity index (χ2n) is 5.24. The van der Waals surface area contributed by atoms with Crippen LogP contribution in [0.1, 0.15) is 17.2 Å². The topological polar surface area (TPSA) is 85.7 Å². The van der Waals surface area contributed by atoms with Crippen LogP contribution in [-0.4, -0.2) is 25.3 Å². The van der Waals surface area contributed by atoms with E-state index < -0.39 is 0 Å². The zero-order valence-corrected chi connectivity index (χ0v) is 14.7. The van der Waals surface area contributed by atoms with Gasteiger partial charge in [0.25, 0.3) is 0 Å². The zero-order valence-electron chi connectivity index (χ0n) is 13.1. The average Bonchev–Trinajstić information content (AvgIpc) is 3.03. The van der Waals surface area contributed by atoms with Gasteiger partial charge in [-0.1, -0.05) is 41.6 Å². The minimum absolute atomic E-state index is 0.237. The quantitative estimate of drug-likeness (QED) is 0.349. The lowest BCUT2D eigenvalue weighted by Crippen LogP contribution is -1.90. The molecule has 126 valence electrons. The number of phenolic OH excluding ortho intramolecular Hbond substituents is 1. The first-order valence-corrected chi connectivity index (χ1v) is 8.67. The van der Waals surface area contributed by atoms with Crippen LogP contribution in [-0.2, 0) is 6.42 Å². The summed E-state index contributed by atoms with van der Waals surface area (Å²) in [6.07, 6.45) is 3.94. The predicted molar refractivity (Wildman–Crippen MR) is 101 cm³/mol. The molecule has 0 aliphatic rings. The first kappa shape index (κ1) is 17.3. The van der Waals surface area contributed by atoms with Gasteiger partial charge in [-0.2, -0.15) is 5.10 Å². The highest BCUT2D eigenvalue weighted by Gasteiger charge is 2.03. The molecule has 0 radical (unpaired) electrons. The lowest BCUT2D eigenvalue weighted by Gasteiger charge is -1.99. The predicted octanol–water partition coefficient (Wildman–Crippen LogP) is 4.54. The molecule has 2 aromatic carbocycles. The van der Waals surface area contributed by atoms with Gasteiger partial charge in [-0.15, -0.1) is 0 Å². The molecule has 7 heteroatoms. The molecule has 0 saturated carbocycles. The fourth-order valence-corrected chi connectivity index (χ4v) is 3.09. The van der Waals surface area contributed by atoms with Crippen molar-refractivity contribution in [2.45, 2.75) is 11.3 Å². The number of nitrogens with one attached hydrogen (secondary N) is 2. The fraction of sp³-hybridized carbons (Fsp3) is 0.0556. The summed E-state index contributed by atoms with van der Waals surface area (Å²) in [5.74, 6) is 1.48. The molecule has 0 aliphatic carbocycles.